The van der Waals surface area contributed by atoms with Crippen LogP contribution in [-0.4, -0.2) is 4.57 Å². The molecule has 0 saturated carbocycles. The minimum Gasteiger partial charge on any atom is -0.454 e. The van der Waals surface area contributed by atoms with Gasteiger partial charge in [0.15, 0.2) is 5.58 Å². The van der Waals surface area contributed by atoms with Gasteiger partial charge in [-0.3, -0.25) is 0 Å². The third-order valence-corrected chi connectivity index (χ3v) is 11.9. The lowest BCUT2D eigenvalue weighted by Crippen LogP contribution is -2.10. The van der Waals surface area contributed by atoms with Gasteiger partial charge in [-0.05, 0) is 111 Å². The first-order valence-corrected chi connectivity index (χ1v) is 20.7. The largest absolute Gasteiger partial charge is 0.454 e. The molecule has 0 aliphatic carbocycles. The summed E-state index contributed by atoms with van der Waals surface area (Å²) in [5, 5.41) is 4.72. The first-order chi connectivity index (χ1) is 28.5. The minimum atomic E-state index is 0.0302. The molecule has 10 aromatic rings. The summed E-state index contributed by atoms with van der Waals surface area (Å²) in [6.45, 7) is 13.7. The quantitative estimate of drug-likeness (QED) is 0.168. The van der Waals surface area contributed by atoms with E-state index in [9.17, 15) is 0 Å². The van der Waals surface area contributed by atoms with Crippen LogP contribution in [-0.2, 0) is 10.8 Å². The molecule has 0 saturated heterocycles. The standard InChI is InChI=1S/C56H48N2O/c1-55(2,3)41-24-32-50-48(34-41)49-35-42(56(4,5)6)25-33-51(49)58(50)52-19-13-18-47-46-31-30-45(36-53(46)59-54(47)52)57(43-26-20-39(21-27-43)37-14-9-7-10-15-37)44-28-22-40(23-29-44)38-16-11-8-12-17-38/h7-36H,1-6H3. The predicted octanol–water partition coefficient (Wildman–Crippen LogP) is 16.1. The summed E-state index contributed by atoms with van der Waals surface area (Å²) >= 11 is 0. The molecule has 3 nitrogen and oxygen atoms in total. The number of rotatable bonds is 6. The van der Waals surface area contributed by atoms with E-state index in [4.69, 9.17) is 4.42 Å². The summed E-state index contributed by atoms with van der Waals surface area (Å²) in [7, 11) is 0. The van der Waals surface area contributed by atoms with Crippen LogP contribution in [0, 0.1) is 0 Å². The molecular weight excluding hydrogens is 717 g/mol. The van der Waals surface area contributed by atoms with Crippen molar-refractivity contribution in [2.45, 2.75) is 52.4 Å². The second-order valence-corrected chi connectivity index (χ2v) is 17.9. The van der Waals surface area contributed by atoms with Crippen molar-refractivity contribution in [3.05, 3.63) is 193 Å². The zero-order valence-electron chi connectivity index (χ0n) is 34.6. The normalized spacial score (nSPS) is 12.2. The van der Waals surface area contributed by atoms with Gasteiger partial charge in [0.05, 0.1) is 16.7 Å². The Balaban J connectivity index is 1.13. The average molecular weight is 765 g/mol. The van der Waals surface area contributed by atoms with Crippen LogP contribution in [0.25, 0.3) is 71.7 Å². The number of fused-ring (bicyclic) bond motifs is 6. The zero-order valence-corrected chi connectivity index (χ0v) is 34.6. The summed E-state index contributed by atoms with van der Waals surface area (Å²) in [6, 6.07) is 66.0. The molecule has 3 heteroatoms. The van der Waals surface area contributed by atoms with Gasteiger partial charge in [0.1, 0.15) is 5.58 Å². The van der Waals surface area contributed by atoms with Gasteiger partial charge in [0.2, 0.25) is 0 Å². The molecule has 0 atom stereocenters. The molecule has 0 aliphatic heterocycles. The van der Waals surface area contributed by atoms with Gasteiger partial charge >= 0.3 is 0 Å². The maximum absolute atomic E-state index is 7.03. The number of anilines is 3. The number of nitrogens with zero attached hydrogens (tertiary/aromatic N) is 2. The van der Waals surface area contributed by atoms with Crippen molar-refractivity contribution in [2.24, 2.45) is 0 Å². The predicted molar refractivity (Wildman–Crippen MR) is 251 cm³/mol. The van der Waals surface area contributed by atoms with Crippen molar-refractivity contribution in [1.29, 1.82) is 0 Å². The zero-order chi connectivity index (χ0) is 40.5. The number of hydrogen-bond acceptors (Lipinski definition) is 2. The van der Waals surface area contributed by atoms with Crippen LogP contribution in [0.2, 0.25) is 0 Å². The van der Waals surface area contributed by atoms with Crippen LogP contribution in [0.5, 0.6) is 0 Å². The van der Waals surface area contributed by atoms with E-state index in [1.54, 1.807) is 0 Å². The molecule has 0 unspecified atom stereocenters. The van der Waals surface area contributed by atoms with E-state index in [1.165, 1.54) is 55.2 Å². The second-order valence-electron chi connectivity index (χ2n) is 17.9. The van der Waals surface area contributed by atoms with Crippen molar-refractivity contribution in [2.75, 3.05) is 4.90 Å². The van der Waals surface area contributed by atoms with Crippen molar-refractivity contribution in [1.82, 2.24) is 4.57 Å². The van der Waals surface area contributed by atoms with E-state index in [0.717, 1.165) is 44.7 Å². The summed E-state index contributed by atoms with van der Waals surface area (Å²) in [4.78, 5) is 2.32. The molecule has 0 amide bonds. The average Bonchev–Trinajstić information content (AvgIpc) is 3.79. The van der Waals surface area contributed by atoms with Crippen molar-refractivity contribution in [3.8, 4) is 27.9 Å². The third kappa shape index (κ3) is 6.48. The maximum Gasteiger partial charge on any atom is 0.159 e. The van der Waals surface area contributed by atoms with Gasteiger partial charge in [-0.25, -0.2) is 0 Å². The molecule has 0 fully saturated rings. The van der Waals surface area contributed by atoms with Crippen LogP contribution in [0.3, 0.4) is 0 Å². The van der Waals surface area contributed by atoms with E-state index in [2.05, 4.69) is 233 Å². The fraction of sp³-hybridized carbons (Fsp3) is 0.143. The Bertz CT molecular complexity index is 2980. The first-order valence-electron chi connectivity index (χ1n) is 20.7. The van der Waals surface area contributed by atoms with Crippen molar-refractivity contribution < 1.29 is 4.42 Å². The molecule has 8 aromatic carbocycles. The number of para-hydroxylation sites is 1. The molecule has 10 rings (SSSR count). The van der Waals surface area contributed by atoms with Gasteiger partial charge in [-0.2, -0.15) is 0 Å². The van der Waals surface area contributed by atoms with E-state index < -0.39 is 0 Å². The monoisotopic (exact) mass is 764 g/mol. The summed E-state index contributed by atoms with van der Waals surface area (Å²) in [6.07, 6.45) is 0. The number of aromatic nitrogens is 1. The Hall–Kier alpha value is -6.84. The Morgan fingerprint density at radius 2 is 0.864 bits per heavy atom. The van der Waals surface area contributed by atoms with Gasteiger partial charge in [-0.15, -0.1) is 0 Å². The third-order valence-electron chi connectivity index (χ3n) is 11.9. The fourth-order valence-electron chi connectivity index (χ4n) is 8.62. The van der Waals surface area contributed by atoms with Crippen LogP contribution in [0.1, 0.15) is 52.7 Å². The highest BCUT2D eigenvalue weighted by Crippen LogP contribution is 2.43. The minimum absolute atomic E-state index is 0.0302. The molecule has 288 valence electrons. The number of benzene rings is 8. The fourth-order valence-corrected chi connectivity index (χ4v) is 8.62. The molecule has 2 heterocycles. The number of hydrogen-bond donors (Lipinski definition) is 0. The lowest BCUT2D eigenvalue weighted by molar-refractivity contribution is 0.590. The van der Waals surface area contributed by atoms with Crippen LogP contribution in [0.15, 0.2) is 186 Å². The molecule has 2 aromatic heterocycles. The summed E-state index contributed by atoms with van der Waals surface area (Å²) in [5.41, 5.74) is 15.8. The molecule has 0 radical (unpaired) electrons. The molecule has 59 heavy (non-hydrogen) atoms. The molecule has 0 spiro atoms. The Morgan fingerprint density at radius 3 is 1.36 bits per heavy atom. The highest BCUT2D eigenvalue weighted by Gasteiger charge is 2.23. The molecule has 0 aliphatic rings. The van der Waals surface area contributed by atoms with E-state index in [1.807, 2.05) is 0 Å². The Labute approximate surface area is 346 Å². The lowest BCUT2D eigenvalue weighted by atomic mass is 9.85. The van der Waals surface area contributed by atoms with Crippen molar-refractivity contribution >= 4 is 60.8 Å². The van der Waals surface area contributed by atoms with Gasteiger partial charge < -0.3 is 13.9 Å². The van der Waals surface area contributed by atoms with Crippen LogP contribution < -0.4 is 4.90 Å². The Kier molecular flexibility index (Phi) is 8.61. The van der Waals surface area contributed by atoms with E-state index in [-0.39, 0.29) is 10.8 Å². The van der Waals surface area contributed by atoms with Gasteiger partial charge in [0, 0.05) is 44.7 Å². The Morgan fingerprint density at radius 1 is 0.390 bits per heavy atom. The molecule has 0 bridgehead atoms. The van der Waals surface area contributed by atoms with Crippen LogP contribution >= 0.6 is 0 Å². The lowest BCUT2D eigenvalue weighted by Gasteiger charge is -2.26. The van der Waals surface area contributed by atoms with Crippen molar-refractivity contribution in [3.63, 3.8) is 0 Å². The van der Waals surface area contributed by atoms with Gasteiger partial charge in [0.25, 0.3) is 0 Å². The van der Waals surface area contributed by atoms with E-state index >= 15 is 0 Å². The smallest absolute Gasteiger partial charge is 0.159 e. The van der Waals surface area contributed by atoms with Crippen LogP contribution in [0.4, 0.5) is 17.1 Å². The highest BCUT2D eigenvalue weighted by atomic mass is 16.3. The highest BCUT2D eigenvalue weighted by molar-refractivity contribution is 6.13. The molecule has 0 N–H and O–H groups in total. The first kappa shape index (κ1) is 36.5. The van der Waals surface area contributed by atoms with E-state index in [0.29, 0.717) is 0 Å². The topological polar surface area (TPSA) is 21.3 Å². The SMILES string of the molecule is CC(C)(C)c1ccc2c(c1)c1cc(C(C)(C)C)ccc1n2-c1cccc2c1oc1cc(N(c3ccc(-c4ccccc4)cc3)c3ccc(-c4ccccc4)cc3)ccc12. The molecular formula is C56H48N2O. The number of furan rings is 1. The maximum atomic E-state index is 7.03. The van der Waals surface area contributed by atoms with Gasteiger partial charge in [-0.1, -0.05) is 151 Å². The summed E-state index contributed by atoms with van der Waals surface area (Å²) < 4.78 is 9.44. The second kappa shape index (κ2) is 13.9. The summed E-state index contributed by atoms with van der Waals surface area (Å²) in [5.74, 6) is 0.